The van der Waals surface area contributed by atoms with Crippen molar-refractivity contribution in [2.24, 2.45) is 0 Å². The standard InChI is InChI=1S/C23H20Cl2N4O2S/c1-3-10-28(23-26-20(13-32-23)18-9-8-15(24)11-19(18)25)21(30)12-29-22(31)17-7-5-4-6-16(17)14(2)27-29/h4-9,11,13H,3,10,12H2,1-2H3. The first-order valence-electron chi connectivity index (χ1n) is 10.1. The highest BCUT2D eigenvalue weighted by molar-refractivity contribution is 7.14. The van der Waals surface area contributed by atoms with Gasteiger partial charge in [0, 0.05) is 27.9 Å². The van der Waals surface area contributed by atoms with E-state index >= 15 is 0 Å². The van der Waals surface area contributed by atoms with E-state index in [4.69, 9.17) is 23.2 Å². The normalized spacial score (nSPS) is 11.1. The molecule has 0 unspecified atom stereocenters. The van der Waals surface area contributed by atoms with Crippen LogP contribution in [0.2, 0.25) is 10.0 Å². The second-order valence-corrected chi connectivity index (χ2v) is 8.96. The van der Waals surface area contributed by atoms with Crippen LogP contribution in [-0.4, -0.2) is 27.2 Å². The lowest BCUT2D eigenvalue weighted by Gasteiger charge is -2.19. The zero-order valence-corrected chi connectivity index (χ0v) is 19.8. The van der Waals surface area contributed by atoms with Gasteiger partial charge in [0.2, 0.25) is 0 Å². The van der Waals surface area contributed by atoms with Crippen LogP contribution in [0.1, 0.15) is 19.0 Å². The van der Waals surface area contributed by atoms with E-state index in [2.05, 4.69) is 10.1 Å². The van der Waals surface area contributed by atoms with E-state index in [-0.39, 0.29) is 18.0 Å². The zero-order chi connectivity index (χ0) is 22.8. The Kier molecular flexibility index (Phi) is 6.60. The summed E-state index contributed by atoms with van der Waals surface area (Å²) in [7, 11) is 0. The van der Waals surface area contributed by atoms with E-state index in [1.165, 1.54) is 16.0 Å². The van der Waals surface area contributed by atoms with E-state index < -0.39 is 0 Å². The molecule has 0 aliphatic carbocycles. The predicted octanol–water partition coefficient (Wildman–Crippen LogP) is 5.58. The van der Waals surface area contributed by atoms with Crippen LogP contribution in [0.3, 0.4) is 0 Å². The molecule has 0 saturated carbocycles. The highest BCUT2D eigenvalue weighted by Gasteiger charge is 2.21. The number of benzene rings is 2. The smallest absolute Gasteiger partial charge is 0.275 e. The van der Waals surface area contributed by atoms with Crippen LogP contribution in [-0.2, 0) is 11.3 Å². The molecule has 0 atom stereocenters. The maximum Gasteiger partial charge on any atom is 0.275 e. The van der Waals surface area contributed by atoms with Crippen LogP contribution >= 0.6 is 34.5 Å². The Morgan fingerprint density at radius 2 is 1.91 bits per heavy atom. The molecule has 2 heterocycles. The van der Waals surface area contributed by atoms with Crippen LogP contribution in [0.25, 0.3) is 22.0 Å². The molecular weight excluding hydrogens is 467 g/mol. The van der Waals surface area contributed by atoms with E-state index in [0.717, 1.165) is 17.4 Å². The van der Waals surface area contributed by atoms with Crippen LogP contribution in [0.5, 0.6) is 0 Å². The first-order valence-corrected chi connectivity index (χ1v) is 11.7. The van der Waals surface area contributed by atoms with Gasteiger partial charge in [0.25, 0.3) is 11.5 Å². The van der Waals surface area contributed by atoms with Gasteiger partial charge in [0.05, 0.1) is 21.8 Å². The number of hydrogen-bond donors (Lipinski definition) is 0. The summed E-state index contributed by atoms with van der Waals surface area (Å²) in [5.41, 5.74) is 1.82. The fraction of sp³-hybridized carbons (Fsp3) is 0.217. The first-order chi connectivity index (χ1) is 15.4. The lowest BCUT2D eigenvalue weighted by atomic mass is 10.1. The second-order valence-electron chi connectivity index (χ2n) is 7.28. The Hall–Kier alpha value is -2.74. The highest BCUT2D eigenvalue weighted by Crippen LogP contribution is 2.33. The van der Waals surface area contributed by atoms with Crippen molar-refractivity contribution in [2.45, 2.75) is 26.8 Å². The Labute approximate surface area is 199 Å². The molecule has 164 valence electrons. The highest BCUT2D eigenvalue weighted by atomic mass is 35.5. The second kappa shape index (κ2) is 9.40. The van der Waals surface area contributed by atoms with Crippen molar-refractivity contribution in [3.8, 4) is 11.3 Å². The summed E-state index contributed by atoms with van der Waals surface area (Å²) in [5, 5.41) is 9.12. The quantitative estimate of drug-likeness (QED) is 0.356. The number of carbonyl (C=O) groups excluding carboxylic acids is 1. The number of aryl methyl sites for hydroxylation is 1. The molecule has 4 aromatic rings. The molecule has 9 heteroatoms. The maximum atomic E-state index is 13.2. The summed E-state index contributed by atoms with van der Waals surface area (Å²) < 4.78 is 1.23. The molecule has 0 bridgehead atoms. The van der Waals surface area contributed by atoms with Crippen molar-refractivity contribution >= 4 is 56.3 Å². The van der Waals surface area contributed by atoms with Crippen molar-refractivity contribution in [1.29, 1.82) is 0 Å². The summed E-state index contributed by atoms with van der Waals surface area (Å²) in [5.74, 6) is -0.251. The average molecular weight is 487 g/mol. The number of amides is 1. The van der Waals surface area contributed by atoms with Crippen molar-refractivity contribution in [2.75, 3.05) is 11.4 Å². The lowest BCUT2D eigenvalue weighted by Crippen LogP contribution is -2.38. The molecule has 0 radical (unpaired) electrons. The zero-order valence-electron chi connectivity index (χ0n) is 17.5. The minimum atomic E-state index is -0.288. The number of anilines is 1. The molecule has 2 aromatic heterocycles. The molecule has 4 rings (SSSR count). The Morgan fingerprint density at radius 3 is 2.62 bits per heavy atom. The molecule has 0 fully saturated rings. The number of nitrogens with zero attached hydrogens (tertiary/aromatic N) is 4. The van der Waals surface area contributed by atoms with Gasteiger partial charge in [-0.2, -0.15) is 5.10 Å². The van der Waals surface area contributed by atoms with Gasteiger partial charge in [-0.25, -0.2) is 9.67 Å². The Balaban J connectivity index is 1.65. The van der Waals surface area contributed by atoms with Gasteiger partial charge in [-0.3, -0.25) is 14.5 Å². The minimum absolute atomic E-state index is 0.166. The maximum absolute atomic E-state index is 13.2. The molecule has 6 nitrogen and oxygen atoms in total. The molecule has 2 aromatic carbocycles. The number of aromatic nitrogens is 3. The first kappa shape index (κ1) is 22.5. The third kappa shape index (κ3) is 4.41. The molecule has 0 aliphatic rings. The van der Waals surface area contributed by atoms with Crippen LogP contribution < -0.4 is 10.5 Å². The van der Waals surface area contributed by atoms with Crippen LogP contribution in [0.4, 0.5) is 5.13 Å². The van der Waals surface area contributed by atoms with Gasteiger partial charge in [0.1, 0.15) is 6.54 Å². The third-order valence-corrected chi connectivity index (χ3v) is 6.43. The summed E-state index contributed by atoms with van der Waals surface area (Å²) in [4.78, 5) is 32.3. The van der Waals surface area contributed by atoms with Gasteiger partial charge in [0.15, 0.2) is 5.13 Å². The van der Waals surface area contributed by atoms with Gasteiger partial charge >= 0.3 is 0 Å². The van der Waals surface area contributed by atoms with Crippen LogP contribution in [0, 0.1) is 6.92 Å². The number of hydrogen-bond acceptors (Lipinski definition) is 5. The van der Waals surface area contributed by atoms with Crippen molar-refractivity contribution in [1.82, 2.24) is 14.8 Å². The van der Waals surface area contributed by atoms with Gasteiger partial charge in [-0.1, -0.05) is 48.3 Å². The summed E-state index contributed by atoms with van der Waals surface area (Å²) in [6.07, 6.45) is 0.738. The molecule has 0 N–H and O–H groups in total. The van der Waals surface area contributed by atoms with Gasteiger partial charge in [-0.15, -0.1) is 11.3 Å². The number of thiazole rings is 1. The Morgan fingerprint density at radius 1 is 1.16 bits per heavy atom. The van der Waals surface area contributed by atoms with E-state index in [9.17, 15) is 9.59 Å². The number of halogens is 2. The number of fused-ring (bicyclic) bond motifs is 1. The lowest BCUT2D eigenvalue weighted by molar-refractivity contribution is -0.119. The molecule has 0 aliphatic heterocycles. The van der Waals surface area contributed by atoms with Crippen molar-refractivity contribution in [3.05, 3.63) is 73.9 Å². The topological polar surface area (TPSA) is 68.1 Å². The Bertz CT molecular complexity index is 1370. The number of carbonyl (C=O) groups is 1. The predicted molar refractivity (Wildman–Crippen MR) is 131 cm³/mol. The van der Waals surface area contributed by atoms with E-state index in [0.29, 0.717) is 38.5 Å². The summed E-state index contributed by atoms with van der Waals surface area (Å²) in [6.45, 7) is 4.12. The molecule has 0 saturated heterocycles. The molecule has 1 amide bonds. The summed E-state index contributed by atoms with van der Waals surface area (Å²) in [6, 6.07) is 12.5. The summed E-state index contributed by atoms with van der Waals surface area (Å²) >= 11 is 13.7. The molecule has 32 heavy (non-hydrogen) atoms. The number of rotatable bonds is 6. The molecule has 0 spiro atoms. The fourth-order valence-corrected chi connectivity index (χ4v) is 4.86. The van der Waals surface area contributed by atoms with Crippen molar-refractivity contribution in [3.63, 3.8) is 0 Å². The largest absolute Gasteiger partial charge is 0.287 e. The van der Waals surface area contributed by atoms with E-state index in [1.807, 2.05) is 31.4 Å². The van der Waals surface area contributed by atoms with Crippen LogP contribution in [0.15, 0.2) is 52.6 Å². The fourth-order valence-electron chi connectivity index (χ4n) is 3.48. The van der Waals surface area contributed by atoms with Crippen molar-refractivity contribution < 1.29 is 4.79 Å². The van der Waals surface area contributed by atoms with E-state index in [1.54, 1.807) is 35.2 Å². The monoisotopic (exact) mass is 486 g/mol. The third-order valence-electron chi connectivity index (χ3n) is 5.02. The van der Waals surface area contributed by atoms with Gasteiger partial charge < -0.3 is 0 Å². The molecular formula is C23H20Cl2N4O2S. The SMILES string of the molecule is CCCN(C(=O)Cn1nc(C)c2ccccc2c1=O)c1nc(-c2ccc(Cl)cc2Cl)cs1. The minimum Gasteiger partial charge on any atom is -0.287 e. The van der Waals surface area contributed by atoms with Gasteiger partial charge in [-0.05, 0) is 37.6 Å². The average Bonchev–Trinajstić information content (AvgIpc) is 3.25.